The van der Waals surface area contributed by atoms with Gasteiger partial charge >= 0.3 is 5.97 Å². The van der Waals surface area contributed by atoms with Crippen LogP contribution in [0.15, 0.2) is 33.4 Å². The zero-order chi connectivity index (χ0) is 14.0. The van der Waals surface area contributed by atoms with Gasteiger partial charge in [0.2, 0.25) is 0 Å². The van der Waals surface area contributed by atoms with Gasteiger partial charge in [0.05, 0.1) is 15.6 Å². The summed E-state index contributed by atoms with van der Waals surface area (Å²) in [5.74, 6) is -0.282. The van der Waals surface area contributed by atoms with Crippen LogP contribution in [0.4, 0.5) is 0 Å². The molecule has 1 N–H and O–H groups in total. The Morgan fingerprint density at radius 1 is 1.32 bits per heavy atom. The van der Waals surface area contributed by atoms with Crippen LogP contribution in [0, 0.1) is 0 Å². The minimum Gasteiger partial charge on any atom is -0.484 e. The highest BCUT2D eigenvalue weighted by atomic mass is 79.9. The lowest BCUT2D eigenvalue weighted by atomic mass is 10.3. The molecule has 2 rings (SSSR count). The van der Waals surface area contributed by atoms with E-state index >= 15 is 0 Å². The maximum Gasteiger partial charge on any atom is 0.338 e. The minimum atomic E-state index is -1.06. The third-order valence-electron chi connectivity index (χ3n) is 2.25. The van der Waals surface area contributed by atoms with Gasteiger partial charge in [-0.1, -0.05) is 23.2 Å². The van der Waals surface area contributed by atoms with Gasteiger partial charge in [0.1, 0.15) is 24.4 Å². The second-order valence-electron chi connectivity index (χ2n) is 3.59. The highest BCUT2D eigenvalue weighted by molar-refractivity contribution is 9.10. The van der Waals surface area contributed by atoms with Crippen LogP contribution in [0.25, 0.3) is 0 Å². The molecular formula is C12H7BrCl2O4. The number of rotatable bonds is 4. The molecule has 0 saturated carbocycles. The lowest BCUT2D eigenvalue weighted by Gasteiger charge is -2.07. The van der Waals surface area contributed by atoms with Crippen LogP contribution >= 0.6 is 39.1 Å². The van der Waals surface area contributed by atoms with E-state index in [1.807, 2.05) is 0 Å². The largest absolute Gasteiger partial charge is 0.484 e. The van der Waals surface area contributed by atoms with E-state index in [2.05, 4.69) is 15.9 Å². The van der Waals surface area contributed by atoms with Gasteiger partial charge in [-0.15, -0.1) is 0 Å². The molecule has 7 heteroatoms. The van der Waals surface area contributed by atoms with Gasteiger partial charge in [-0.2, -0.15) is 0 Å². The Hall–Kier alpha value is -1.17. The van der Waals surface area contributed by atoms with Crippen molar-refractivity contribution >= 4 is 45.1 Å². The van der Waals surface area contributed by atoms with Crippen LogP contribution in [0.2, 0.25) is 10.0 Å². The molecule has 0 aliphatic carbocycles. The maximum atomic E-state index is 10.7. The predicted molar refractivity (Wildman–Crippen MR) is 74.2 cm³/mol. The lowest BCUT2D eigenvalue weighted by molar-refractivity contribution is 0.0696. The van der Waals surface area contributed by atoms with Crippen molar-refractivity contribution in [2.45, 2.75) is 6.61 Å². The molecule has 0 aliphatic rings. The molecule has 4 nitrogen and oxygen atoms in total. The van der Waals surface area contributed by atoms with Gasteiger partial charge in [-0.25, -0.2) is 4.79 Å². The SMILES string of the molecule is O=C(O)c1coc(COc2cc(Cl)c(Br)cc2Cl)c1. The average Bonchev–Trinajstić information content (AvgIpc) is 2.81. The monoisotopic (exact) mass is 364 g/mol. The Balaban J connectivity index is 2.09. The summed E-state index contributed by atoms with van der Waals surface area (Å²) < 4.78 is 11.1. The summed E-state index contributed by atoms with van der Waals surface area (Å²) in [4.78, 5) is 10.7. The minimum absolute atomic E-state index is 0.0605. The Kier molecular flexibility index (Phi) is 4.39. The van der Waals surface area contributed by atoms with E-state index < -0.39 is 5.97 Å². The molecule has 19 heavy (non-hydrogen) atoms. The molecule has 0 unspecified atom stereocenters. The highest BCUT2D eigenvalue weighted by Crippen LogP contribution is 2.34. The first kappa shape index (κ1) is 14.2. The van der Waals surface area contributed by atoms with Crippen molar-refractivity contribution in [1.29, 1.82) is 0 Å². The number of hydrogen-bond donors (Lipinski definition) is 1. The Labute approximate surface area is 127 Å². The van der Waals surface area contributed by atoms with Crippen molar-refractivity contribution in [2.24, 2.45) is 0 Å². The molecule has 1 aromatic carbocycles. The quantitative estimate of drug-likeness (QED) is 0.802. The Morgan fingerprint density at radius 2 is 2.05 bits per heavy atom. The standard InChI is InChI=1S/C12H7BrCl2O4/c13-8-2-10(15)11(3-9(8)14)19-5-7-1-6(4-18-7)12(16)17/h1-4H,5H2,(H,16,17). The smallest absolute Gasteiger partial charge is 0.338 e. The molecule has 100 valence electrons. The van der Waals surface area contributed by atoms with Crippen molar-refractivity contribution in [3.63, 3.8) is 0 Å². The van der Waals surface area contributed by atoms with Crippen LogP contribution in [-0.4, -0.2) is 11.1 Å². The number of ether oxygens (including phenoxy) is 1. The first-order valence-electron chi connectivity index (χ1n) is 5.05. The lowest BCUT2D eigenvalue weighted by Crippen LogP contribution is -1.96. The summed E-state index contributed by atoms with van der Waals surface area (Å²) in [5, 5.41) is 9.60. The van der Waals surface area contributed by atoms with E-state index in [0.717, 1.165) is 6.26 Å². The van der Waals surface area contributed by atoms with Gasteiger partial charge in [-0.05, 0) is 28.1 Å². The van der Waals surface area contributed by atoms with Gasteiger partial charge in [0.15, 0.2) is 0 Å². The number of benzene rings is 1. The van der Waals surface area contributed by atoms with E-state index in [4.69, 9.17) is 37.5 Å². The number of halogens is 3. The summed E-state index contributed by atoms with van der Waals surface area (Å²) in [6.07, 6.45) is 1.15. The van der Waals surface area contributed by atoms with E-state index in [0.29, 0.717) is 26.0 Å². The van der Waals surface area contributed by atoms with E-state index in [1.54, 1.807) is 12.1 Å². The molecule has 1 aromatic heterocycles. The van der Waals surface area contributed by atoms with Crippen molar-refractivity contribution in [1.82, 2.24) is 0 Å². The first-order chi connectivity index (χ1) is 8.97. The van der Waals surface area contributed by atoms with Gasteiger partial charge < -0.3 is 14.3 Å². The average molecular weight is 366 g/mol. The molecule has 2 aromatic rings. The van der Waals surface area contributed by atoms with Crippen molar-refractivity contribution in [2.75, 3.05) is 0 Å². The molecule has 0 aliphatic heterocycles. The van der Waals surface area contributed by atoms with E-state index in [1.165, 1.54) is 6.07 Å². The Morgan fingerprint density at radius 3 is 2.68 bits per heavy atom. The third-order valence-corrected chi connectivity index (χ3v) is 3.74. The molecule has 0 amide bonds. The fourth-order valence-electron chi connectivity index (χ4n) is 1.33. The van der Waals surface area contributed by atoms with Crippen molar-refractivity contribution < 1.29 is 19.1 Å². The van der Waals surface area contributed by atoms with Gasteiger partial charge in [0.25, 0.3) is 0 Å². The number of carboxylic acids is 1. The summed E-state index contributed by atoms with van der Waals surface area (Å²) in [6.45, 7) is 0.0605. The zero-order valence-corrected chi connectivity index (χ0v) is 12.4. The summed E-state index contributed by atoms with van der Waals surface area (Å²) in [7, 11) is 0. The maximum absolute atomic E-state index is 10.7. The topological polar surface area (TPSA) is 59.7 Å². The zero-order valence-electron chi connectivity index (χ0n) is 9.32. The fourth-order valence-corrected chi connectivity index (χ4v) is 2.18. The summed E-state index contributed by atoms with van der Waals surface area (Å²) in [5.41, 5.74) is 0.0681. The van der Waals surface area contributed by atoms with Crippen LogP contribution in [0.5, 0.6) is 5.75 Å². The number of carbonyl (C=O) groups is 1. The number of carboxylic acid groups (broad SMARTS) is 1. The number of aromatic carboxylic acids is 1. The van der Waals surface area contributed by atoms with Crippen LogP contribution in [0.3, 0.4) is 0 Å². The summed E-state index contributed by atoms with van der Waals surface area (Å²) >= 11 is 15.2. The molecule has 0 radical (unpaired) electrons. The second kappa shape index (κ2) is 5.86. The fraction of sp³-hybridized carbons (Fsp3) is 0.0833. The molecule has 1 heterocycles. The third kappa shape index (κ3) is 3.43. The van der Waals surface area contributed by atoms with Gasteiger partial charge in [-0.3, -0.25) is 0 Å². The summed E-state index contributed by atoms with van der Waals surface area (Å²) in [6, 6.07) is 4.57. The second-order valence-corrected chi connectivity index (χ2v) is 5.26. The number of furan rings is 1. The molecule has 0 atom stereocenters. The Bertz CT molecular complexity index is 624. The van der Waals surface area contributed by atoms with Crippen molar-refractivity contribution in [3.8, 4) is 5.75 Å². The highest BCUT2D eigenvalue weighted by Gasteiger charge is 2.11. The van der Waals surface area contributed by atoms with Crippen LogP contribution in [0.1, 0.15) is 16.1 Å². The van der Waals surface area contributed by atoms with E-state index in [-0.39, 0.29) is 12.2 Å². The molecule has 0 bridgehead atoms. The predicted octanol–water partition coefficient (Wildman–Crippen LogP) is 4.63. The molecule has 0 saturated heterocycles. The van der Waals surface area contributed by atoms with Gasteiger partial charge in [0, 0.05) is 10.5 Å². The molecule has 0 spiro atoms. The van der Waals surface area contributed by atoms with Crippen LogP contribution < -0.4 is 4.74 Å². The normalized spacial score (nSPS) is 10.5. The first-order valence-corrected chi connectivity index (χ1v) is 6.60. The number of hydrogen-bond acceptors (Lipinski definition) is 3. The van der Waals surface area contributed by atoms with E-state index in [9.17, 15) is 4.79 Å². The molecule has 0 fully saturated rings. The molecular weight excluding hydrogens is 359 g/mol. The van der Waals surface area contributed by atoms with Crippen molar-refractivity contribution in [3.05, 3.63) is 50.3 Å². The van der Waals surface area contributed by atoms with Crippen LogP contribution in [-0.2, 0) is 6.61 Å².